The van der Waals surface area contributed by atoms with Crippen molar-refractivity contribution in [3.63, 3.8) is 0 Å². The van der Waals surface area contributed by atoms with Crippen molar-refractivity contribution in [1.29, 1.82) is 0 Å². The highest BCUT2D eigenvalue weighted by Crippen LogP contribution is 2.40. The first-order valence-corrected chi connectivity index (χ1v) is 11.1. The van der Waals surface area contributed by atoms with Crippen molar-refractivity contribution in [3.05, 3.63) is 28.0 Å². The standard InChI is InChI=1S/C23H29N5O6/c1-12-6-5-7-28(11-12)23-26-20-18(22(31)27-23)14(10-17(29)25-20)21(30)24-13-8-15(32-2)19(34-4)16(9-13)33-3/h8-9,12,14H,5-7,10-11H2,1-4H3,(H,24,30)(H2,25,26,27,29,31)/t12-,14-/m0/s1. The van der Waals surface area contributed by atoms with Crippen LogP contribution in [-0.4, -0.2) is 56.2 Å². The molecule has 2 aliphatic heterocycles. The Morgan fingerprint density at radius 1 is 1.15 bits per heavy atom. The highest BCUT2D eigenvalue weighted by molar-refractivity contribution is 6.04. The van der Waals surface area contributed by atoms with Gasteiger partial charge in [-0.2, -0.15) is 4.98 Å². The van der Waals surface area contributed by atoms with Gasteiger partial charge in [0.15, 0.2) is 11.5 Å². The van der Waals surface area contributed by atoms with Gasteiger partial charge in [0.2, 0.25) is 23.5 Å². The molecular formula is C23H29N5O6. The molecule has 0 radical (unpaired) electrons. The molecular weight excluding hydrogens is 442 g/mol. The molecule has 0 unspecified atom stereocenters. The number of amides is 2. The Morgan fingerprint density at radius 2 is 1.85 bits per heavy atom. The molecule has 1 aromatic heterocycles. The Labute approximate surface area is 196 Å². The summed E-state index contributed by atoms with van der Waals surface area (Å²) in [6.07, 6.45) is 1.94. The van der Waals surface area contributed by atoms with Gasteiger partial charge < -0.3 is 29.7 Å². The molecule has 3 heterocycles. The predicted octanol–water partition coefficient (Wildman–Crippen LogP) is 2.10. The summed E-state index contributed by atoms with van der Waals surface area (Å²) in [5.74, 6) is 0.198. The second kappa shape index (κ2) is 9.62. The van der Waals surface area contributed by atoms with E-state index >= 15 is 0 Å². The first-order valence-electron chi connectivity index (χ1n) is 11.1. The number of benzene rings is 1. The van der Waals surface area contributed by atoms with Crippen LogP contribution >= 0.6 is 0 Å². The number of anilines is 3. The Bertz CT molecular complexity index is 1140. The Kier molecular flexibility index (Phi) is 6.62. The maximum atomic E-state index is 13.2. The van der Waals surface area contributed by atoms with Crippen LogP contribution in [0.15, 0.2) is 16.9 Å². The fourth-order valence-corrected chi connectivity index (χ4v) is 4.50. The molecule has 34 heavy (non-hydrogen) atoms. The first kappa shape index (κ1) is 23.4. The number of hydrogen-bond acceptors (Lipinski definition) is 8. The number of rotatable bonds is 6. The van der Waals surface area contributed by atoms with Gasteiger partial charge in [0, 0.05) is 37.3 Å². The molecule has 182 valence electrons. The summed E-state index contributed by atoms with van der Waals surface area (Å²) in [4.78, 5) is 48.0. The van der Waals surface area contributed by atoms with Crippen LogP contribution in [-0.2, 0) is 9.59 Å². The van der Waals surface area contributed by atoms with Gasteiger partial charge in [-0.3, -0.25) is 19.4 Å². The van der Waals surface area contributed by atoms with E-state index in [9.17, 15) is 14.4 Å². The molecule has 1 aromatic carbocycles. The Balaban J connectivity index is 1.64. The maximum absolute atomic E-state index is 13.2. The van der Waals surface area contributed by atoms with Crippen LogP contribution in [0.25, 0.3) is 0 Å². The lowest BCUT2D eigenvalue weighted by Gasteiger charge is -2.32. The molecule has 0 spiro atoms. The molecule has 1 fully saturated rings. The summed E-state index contributed by atoms with van der Waals surface area (Å²) < 4.78 is 16.0. The molecule has 1 saturated heterocycles. The van der Waals surface area contributed by atoms with E-state index in [1.54, 1.807) is 12.1 Å². The number of ether oxygens (including phenoxy) is 3. The number of nitrogens with zero attached hydrogens (tertiary/aromatic N) is 2. The van der Waals surface area contributed by atoms with Crippen molar-refractivity contribution < 1.29 is 23.8 Å². The van der Waals surface area contributed by atoms with Crippen LogP contribution in [0.5, 0.6) is 17.2 Å². The van der Waals surface area contributed by atoms with Crippen LogP contribution in [0.1, 0.15) is 37.7 Å². The van der Waals surface area contributed by atoms with Gasteiger partial charge >= 0.3 is 0 Å². The fraction of sp³-hybridized carbons (Fsp3) is 0.478. The van der Waals surface area contributed by atoms with Crippen LogP contribution < -0.4 is 35.3 Å². The summed E-state index contributed by atoms with van der Waals surface area (Å²) in [6, 6.07) is 3.15. The van der Waals surface area contributed by atoms with E-state index in [0.29, 0.717) is 34.8 Å². The van der Waals surface area contributed by atoms with E-state index in [0.717, 1.165) is 25.9 Å². The number of nitrogens with one attached hydrogen (secondary N) is 3. The minimum atomic E-state index is -1.01. The van der Waals surface area contributed by atoms with Gasteiger partial charge in [-0.1, -0.05) is 6.92 Å². The third-order valence-corrected chi connectivity index (χ3v) is 6.14. The summed E-state index contributed by atoms with van der Waals surface area (Å²) in [5.41, 5.74) is 0.0666. The lowest BCUT2D eigenvalue weighted by molar-refractivity contribution is -0.123. The number of methoxy groups -OCH3 is 3. The molecule has 11 nitrogen and oxygen atoms in total. The minimum absolute atomic E-state index is 0.123. The van der Waals surface area contributed by atoms with Gasteiger partial charge in [0.1, 0.15) is 5.82 Å². The van der Waals surface area contributed by atoms with Crippen molar-refractivity contribution in [2.45, 2.75) is 32.1 Å². The third kappa shape index (κ3) is 4.50. The number of aromatic amines is 1. The van der Waals surface area contributed by atoms with Crippen molar-refractivity contribution >= 4 is 29.3 Å². The normalized spacial score (nSPS) is 19.6. The van der Waals surface area contributed by atoms with Gasteiger partial charge in [0.25, 0.3) is 5.56 Å². The van der Waals surface area contributed by atoms with Crippen molar-refractivity contribution in [2.75, 3.05) is 50.0 Å². The van der Waals surface area contributed by atoms with E-state index in [2.05, 4.69) is 27.5 Å². The number of carbonyl (C=O) groups is 2. The van der Waals surface area contributed by atoms with Crippen LogP contribution in [0.3, 0.4) is 0 Å². The predicted molar refractivity (Wildman–Crippen MR) is 126 cm³/mol. The number of H-pyrrole nitrogens is 1. The first-order chi connectivity index (χ1) is 16.3. The van der Waals surface area contributed by atoms with Gasteiger partial charge in [0.05, 0.1) is 32.8 Å². The van der Waals surface area contributed by atoms with Crippen molar-refractivity contribution in [2.24, 2.45) is 5.92 Å². The van der Waals surface area contributed by atoms with E-state index in [1.807, 2.05) is 4.90 Å². The van der Waals surface area contributed by atoms with E-state index in [1.165, 1.54) is 21.3 Å². The lowest BCUT2D eigenvalue weighted by atomic mass is 9.92. The number of piperidine rings is 1. The van der Waals surface area contributed by atoms with Gasteiger partial charge in [-0.25, -0.2) is 0 Å². The molecule has 2 amide bonds. The molecule has 0 saturated carbocycles. The van der Waals surface area contributed by atoms with Crippen LogP contribution in [0, 0.1) is 5.92 Å². The lowest BCUT2D eigenvalue weighted by Crippen LogP contribution is -2.40. The van der Waals surface area contributed by atoms with E-state index in [-0.39, 0.29) is 23.7 Å². The summed E-state index contributed by atoms with van der Waals surface area (Å²) in [5, 5.41) is 5.42. The topological polar surface area (TPSA) is 135 Å². The zero-order chi connectivity index (χ0) is 24.4. The average Bonchev–Trinajstić information content (AvgIpc) is 2.82. The highest BCUT2D eigenvalue weighted by atomic mass is 16.5. The summed E-state index contributed by atoms with van der Waals surface area (Å²) >= 11 is 0. The molecule has 0 bridgehead atoms. The highest BCUT2D eigenvalue weighted by Gasteiger charge is 2.35. The quantitative estimate of drug-likeness (QED) is 0.583. The Morgan fingerprint density at radius 3 is 2.47 bits per heavy atom. The van der Waals surface area contributed by atoms with E-state index in [4.69, 9.17) is 14.2 Å². The second-order valence-corrected chi connectivity index (χ2v) is 8.55. The molecule has 2 aliphatic rings. The molecule has 3 N–H and O–H groups in total. The van der Waals surface area contributed by atoms with Gasteiger partial charge in [-0.15, -0.1) is 0 Å². The second-order valence-electron chi connectivity index (χ2n) is 8.55. The zero-order valence-corrected chi connectivity index (χ0v) is 19.7. The smallest absolute Gasteiger partial charge is 0.258 e. The SMILES string of the molecule is COc1cc(NC(=O)[C@H]2CC(=O)Nc3nc(N4CCC[C@H](C)C4)[nH]c(=O)c32)cc(OC)c1OC. The molecule has 0 aliphatic carbocycles. The Hall–Kier alpha value is -3.76. The number of carbonyl (C=O) groups excluding carboxylic acids is 2. The zero-order valence-electron chi connectivity index (χ0n) is 19.7. The van der Waals surface area contributed by atoms with Crippen LogP contribution in [0.4, 0.5) is 17.5 Å². The number of hydrogen-bond donors (Lipinski definition) is 3. The summed E-state index contributed by atoms with van der Waals surface area (Å²) in [6.45, 7) is 3.68. The number of aromatic nitrogens is 2. The molecule has 2 atom stereocenters. The number of fused-ring (bicyclic) bond motifs is 1. The monoisotopic (exact) mass is 471 g/mol. The molecule has 4 rings (SSSR count). The van der Waals surface area contributed by atoms with E-state index < -0.39 is 17.4 Å². The minimum Gasteiger partial charge on any atom is -0.493 e. The maximum Gasteiger partial charge on any atom is 0.258 e. The van der Waals surface area contributed by atoms with Gasteiger partial charge in [-0.05, 0) is 18.8 Å². The fourth-order valence-electron chi connectivity index (χ4n) is 4.50. The van der Waals surface area contributed by atoms with Crippen molar-refractivity contribution in [3.8, 4) is 17.2 Å². The molecule has 2 aromatic rings. The average molecular weight is 472 g/mol. The third-order valence-electron chi connectivity index (χ3n) is 6.14. The summed E-state index contributed by atoms with van der Waals surface area (Å²) in [7, 11) is 4.42. The molecule has 11 heteroatoms. The largest absolute Gasteiger partial charge is 0.493 e. The van der Waals surface area contributed by atoms with Crippen LogP contribution in [0.2, 0.25) is 0 Å². The van der Waals surface area contributed by atoms with Crippen molar-refractivity contribution in [1.82, 2.24) is 9.97 Å².